The fourth-order valence-corrected chi connectivity index (χ4v) is 5.06. The van der Waals surface area contributed by atoms with Gasteiger partial charge >= 0.3 is 0 Å². The lowest BCUT2D eigenvalue weighted by Gasteiger charge is -2.36. The van der Waals surface area contributed by atoms with Crippen molar-refractivity contribution in [3.8, 4) is 0 Å². The maximum atomic E-state index is 13.4. The van der Waals surface area contributed by atoms with Crippen molar-refractivity contribution < 1.29 is 17.7 Å². The van der Waals surface area contributed by atoms with Gasteiger partial charge in [0.1, 0.15) is 5.82 Å². The van der Waals surface area contributed by atoms with Crippen molar-refractivity contribution >= 4 is 15.7 Å². The van der Waals surface area contributed by atoms with Crippen LogP contribution in [-0.2, 0) is 16.6 Å². The van der Waals surface area contributed by atoms with Gasteiger partial charge in [0, 0.05) is 37.1 Å². The fraction of sp³-hybridized carbons (Fsp3) is 0.158. The summed E-state index contributed by atoms with van der Waals surface area (Å²) in [6.45, 7) is 0.704. The molecule has 0 saturated carbocycles. The van der Waals surface area contributed by atoms with Gasteiger partial charge in [0.15, 0.2) is 0 Å². The zero-order valence-electron chi connectivity index (χ0n) is 14.6. The largest absolute Gasteiger partial charge is 0.348 e. The third-order valence-electron chi connectivity index (χ3n) is 4.83. The van der Waals surface area contributed by atoms with E-state index in [0.717, 1.165) is 5.69 Å². The summed E-state index contributed by atoms with van der Waals surface area (Å²) < 4.78 is 43.4. The number of nitrogens with zero attached hydrogens (tertiary/aromatic N) is 3. The highest BCUT2D eigenvalue weighted by Gasteiger charge is 2.37. The van der Waals surface area contributed by atoms with Crippen LogP contribution in [0.15, 0.2) is 71.8 Å². The van der Waals surface area contributed by atoms with Gasteiger partial charge in [-0.1, -0.05) is 12.1 Å². The molecule has 0 saturated heterocycles. The maximum Gasteiger partial charge on any atom is 0.269 e. The lowest BCUT2D eigenvalue weighted by molar-refractivity contribution is -0.384. The van der Waals surface area contributed by atoms with Crippen molar-refractivity contribution in [2.45, 2.75) is 17.5 Å². The van der Waals surface area contributed by atoms with Crippen LogP contribution in [0.3, 0.4) is 0 Å². The highest BCUT2D eigenvalue weighted by molar-refractivity contribution is 7.89. The fourth-order valence-electron chi connectivity index (χ4n) is 3.48. The lowest BCUT2D eigenvalue weighted by Crippen LogP contribution is -2.42. The molecule has 3 aromatic rings. The van der Waals surface area contributed by atoms with Gasteiger partial charge in [0.2, 0.25) is 10.0 Å². The van der Waals surface area contributed by atoms with Crippen molar-refractivity contribution in [3.05, 3.63) is 94.0 Å². The normalized spacial score (nSPS) is 17.2. The average Bonchev–Trinajstić information content (AvgIpc) is 3.17. The van der Waals surface area contributed by atoms with Crippen LogP contribution >= 0.6 is 0 Å². The van der Waals surface area contributed by atoms with E-state index in [0.29, 0.717) is 12.1 Å². The van der Waals surface area contributed by atoms with Crippen LogP contribution in [-0.4, -0.2) is 28.8 Å². The van der Waals surface area contributed by atoms with Crippen LogP contribution in [0.5, 0.6) is 0 Å². The molecule has 1 aromatic heterocycles. The number of benzene rings is 2. The standard InChI is InChI=1S/C19H16FN3O4S/c20-15-5-3-14(4-6-15)19-18-2-1-11-21(18)12-13-22(19)28(26,27)17-9-7-16(8-10-17)23(24)25/h1-11,19H,12-13H2/t19-/m1/s1. The summed E-state index contributed by atoms with van der Waals surface area (Å²) in [5.41, 5.74) is 1.25. The molecule has 0 N–H and O–H groups in total. The maximum absolute atomic E-state index is 13.4. The Balaban J connectivity index is 1.80. The third kappa shape index (κ3) is 3.08. The van der Waals surface area contributed by atoms with Crippen molar-refractivity contribution in [2.24, 2.45) is 0 Å². The van der Waals surface area contributed by atoms with Crippen molar-refractivity contribution in [2.75, 3.05) is 6.54 Å². The number of aromatic nitrogens is 1. The highest BCUT2D eigenvalue weighted by atomic mass is 32.2. The van der Waals surface area contributed by atoms with Crippen LogP contribution in [0.1, 0.15) is 17.3 Å². The van der Waals surface area contributed by atoms with E-state index < -0.39 is 26.8 Å². The minimum Gasteiger partial charge on any atom is -0.348 e. The molecule has 0 fully saturated rings. The summed E-state index contributed by atoms with van der Waals surface area (Å²) in [6, 6.07) is 13.6. The molecular formula is C19H16FN3O4S. The van der Waals surface area contributed by atoms with Gasteiger partial charge in [-0.2, -0.15) is 4.31 Å². The Hall–Kier alpha value is -3.04. The Morgan fingerprint density at radius 2 is 1.68 bits per heavy atom. The van der Waals surface area contributed by atoms with E-state index in [2.05, 4.69) is 0 Å². The first kappa shape index (κ1) is 18.3. The first-order chi connectivity index (χ1) is 13.4. The number of nitro benzene ring substituents is 1. The monoisotopic (exact) mass is 401 g/mol. The van der Waals surface area contributed by atoms with Crippen LogP contribution < -0.4 is 0 Å². The minimum atomic E-state index is -3.93. The Labute approximate surface area is 160 Å². The van der Waals surface area contributed by atoms with Crippen molar-refractivity contribution in [3.63, 3.8) is 0 Å². The van der Waals surface area contributed by atoms with Gasteiger partial charge in [-0.15, -0.1) is 0 Å². The third-order valence-corrected chi connectivity index (χ3v) is 6.71. The van der Waals surface area contributed by atoms with Gasteiger partial charge < -0.3 is 4.57 Å². The molecule has 0 amide bonds. The summed E-state index contributed by atoms with van der Waals surface area (Å²) >= 11 is 0. The molecule has 0 radical (unpaired) electrons. The summed E-state index contributed by atoms with van der Waals surface area (Å²) in [7, 11) is -3.93. The van der Waals surface area contributed by atoms with E-state index in [-0.39, 0.29) is 17.1 Å². The van der Waals surface area contributed by atoms with Gasteiger partial charge in [0.05, 0.1) is 15.9 Å². The van der Waals surface area contributed by atoms with Crippen molar-refractivity contribution in [1.29, 1.82) is 0 Å². The summed E-state index contributed by atoms with van der Waals surface area (Å²) in [5.74, 6) is -0.403. The number of halogens is 1. The van der Waals surface area contributed by atoms with Crippen LogP contribution in [0.25, 0.3) is 0 Å². The van der Waals surface area contributed by atoms with E-state index in [1.54, 1.807) is 12.1 Å². The lowest BCUT2D eigenvalue weighted by atomic mass is 10.0. The molecule has 28 heavy (non-hydrogen) atoms. The minimum absolute atomic E-state index is 0.0229. The number of non-ortho nitro benzene ring substituents is 1. The molecule has 0 spiro atoms. The number of fused-ring (bicyclic) bond motifs is 1. The predicted octanol–water partition coefficient (Wildman–Crippen LogP) is 3.33. The molecule has 2 heterocycles. The molecule has 0 bridgehead atoms. The Morgan fingerprint density at radius 1 is 1.00 bits per heavy atom. The van der Waals surface area contributed by atoms with Gasteiger partial charge in [0.25, 0.3) is 5.69 Å². The van der Waals surface area contributed by atoms with Crippen LogP contribution in [0, 0.1) is 15.9 Å². The van der Waals surface area contributed by atoms with E-state index in [4.69, 9.17) is 0 Å². The Kier molecular flexibility index (Phi) is 4.48. The molecule has 0 unspecified atom stereocenters. The Morgan fingerprint density at radius 3 is 2.32 bits per heavy atom. The topological polar surface area (TPSA) is 85.4 Å². The van der Waals surface area contributed by atoms with Gasteiger partial charge in [-0.05, 0) is 42.0 Å². The quantitative estimate of drug-likeness (QED) is 0.496. The summed E-state index contributed by atoms with van der Waals surface area (Å²) in [6.07, 6.45) is 1.88. The summed E-state index contributed by atoms with van der Waals surface area (Å²) in [5, 5.41) is 10.8. The van der Waals surface area contributed by atoms with Crippen LogP contribution in [0.4, 0.5) is 10.1 Å². The molecule has 0 aliphatic carbocycles. The van der Waals surface area contributed by atoms with E-state index in [1.807, 2.05) is 22.9 Å². The number of rotatable bonds is 4. The van der Waals surface area contributed by atoms with Crippen LogP contribution in [0.2, 0.25) is 0 Å². The first-order valence-corrected chi connectivity index (χ1v) is 9.99. The number of hydrogen-bond acceptors (Lipinski definition) is 4. The van der Waals surface area contributed by atoms with E-state index in [1.165, 1.54) is 40.7 Å². The zero-order valence-corrected chi connectivity index (χ0v) is 15.4. The van der Waals surface area contributed by atoms with E-state index >= 15 is 0 Å². The highest BCUT2D eigenvalue weighted by Crippen LogP contribution is 2.36. The second-order valence-corrected chi connectivity index (χ2v) is 8.34. The number of nitro groups is 1. The smallest absolute Gasteiger partial charge is 0.269 e. The average molecular weight is 401 g/mol. The molecule has 1 aliphatic rings. The van der Waals surface area contributed by atoms with Crippen molar-refractivity contribution in [1.82, 2.24) is 8.87 Å². The van der Waals surface area contributed by atoms with E-state index in [9.17, 15) is 22.9 Å². The molecule has 1 aliphatic heterocycles. The molecular weight excluding hydrogens is 385 g/mol. The second-order valence-electron chi connectivity index (χ2n) is 6.45. The number of sulfonamides is 1. The molecule has 9 heteroatoms. The zero-order chi connectivity index (χ0) is 19.9. The molecule has 144 valence electrons. The Bertz CT molecular complexity index is 1120. The first-order valence-electron chi connectivity index (χ1n) is 8.55. The number of hydrogen-bond donors (Lipinski definition) is 0. The van der Waals surface area contributed by atoms with Gasteiger partial charge in [-0.3, -0.25) is 10.1 Å². The molecule has 1 atom stereocenters. The SMILES string of the molecule is O=[N+]([O-])c1ccc(S(=O)(=O)N2CCn3cccc3[C@H]2c2ccc(F)cc2)cc1. The molecule has 4 rings (SSSR count). The second kappa shape index (κ2) is 6.84. The molecule has 2 aromatic carbocycles. The molecule has 7 nitrogen and oxygen atoms in total. The predicted molar refractivity (Wildman–Crippen MR) is 99.7 cm³/mol. The summed E-state index contributed by atoms with van der Waals surface area (Å²) in [4.78, 5) is 10.2. The van der Waals surface area contributed by atoms with Gasteiger partial charge in [-0.25, -0.2) is 12.8 Å².